The van der Waals surface area contributed by atoms with Gasteiger partial charge in [0.15, 0.2) is 0 Å². The van der Waals surface area contributed by atoms with Crippen LogP contribution in [0.25, 0.3) is 0 Å². The maximum absolute atomic E-state index is 5.90. The van der Waals surface area contributed by atoms with Crippen molar-refractivity contribution in [1.29, 1.82) is 0 Å². The number of methoxy groups -OCH3 is 1. The molecule has 0 aliphatic carbocycles. The molecule has 2 aromatic rings. The van der Waals surface area contributed by atoms with Crippen molar-refractivity contribution in [2.45, 2.75) is 19.4 Å². The van der Waals surface area contributed by atoms with E-state index in [0.29, 0.717) is 6.61 Å². The predicted molar refractivity (Wildman–Crippen MR) is 95.2 cm³/mol. The van der Waals surface area contributed by atoms with Gasteiger partial charge >= 0.3 is 0 Å². The molecular weight excluding hydrogens is 286 g/mol. The quantitative estimate of drug-likeness (QED) is 0.532. The molecule has 122 valence electrons. The summed E-state index contributed by atoms with van der Waals surface area (Å²) >= 11 is 0. The second kappa shape index (κ2) is 9.70. The average Bonchev–Trinajstić information content (AvgIpc) is 2.60. The first-order valence-corrected chi connectivity index (χ1v) is 7.98. The van der Waals surface area contributed by atoms with E-state index in [-0.39, 0.29) is 0 Å². The molecule has 0 radical (unpaired) electrons. The minimum Gasteiger partial charge on any atom is -0.497 e. The smallest absolute Gasteiger partial charge is 0.123 e. The van der Waals surface area contributed by atoms with E-state index < -0.39 is 0 Å². The van der Waals surface area contributed by atoms with Gasteiger partial charge in [-0.05, 0) is 43.1 Å². The molecular formula is C20H25NO2. The van der Waals surface area contributed by atoms with Gasteiger partial charge in [-0.1, -0.05) is 36.4 Å². The largest absolute Gasteiger partial charge is 0.497 e. The van der Waals surface area contributed by atoms with Crippen LogP contribution in [0.5, 0.6) is 11.5 Å². The van der Waals surface area contributed by atoms with Gasteiger partial charge in [-0.2, -0.15) is 0 Å². The molecule has 3 nitrogen and oxygen atoms in total. The highest BCUT2D eigenvalue weighted by atomic mass is 16.5. The first-order valence-electron chi connectivity index (χ1n) is 7.98. The summed E-state index contributed by atoms with van der Waals surface area (Å²) in [5, 5.41) is 3.43. The second-order valence-electron chi connectivity index (χ2n) is 5.33. The second-order valence-corrected chi connectivity index (χ2v) is 5.33. The zero-order valence-electron chi connectivity index (χ0n) is 13.8. The third kappa shape index (κ3) is 5.80. The molecule has 0 unspecified atom stereocenters. The van der Waals surface area contributed by atoms with Gasteiger partial charge in [0.1, 0.15) is 11.5 Å². The Hall–Kier alpha value is -2.26. The van der Waals surface area contributed by atoms with Crippen molar-refractivity contribution in [1.82, 2.24) is 5.32 Å². The lowest BCUT2D eigenvalue weighted by molar-refractivity contribution is 0.304. The molecule has 2 aromatic carbocycles. The molecule has 0 spiro atoms. The monoisotopic (exact) mass is 311 g/mol. The van der Waals surface area contributed by atoms with Crippen molar-refractivity contribution in [2.75, 3.05) is 20.3 Å². The standard InChI is InChI=1S/C20H25NO2/c1-3-8-18-15-19(22-2)11-12-20(18)23-14-7-13-21-16-17-9-5-4-6-10-17/h3-6,9-12,15,21H,1,7-8,13-14,16H2,2H3. The number of hydrogen-bond acceptors (Lipinski definition) is 3. The molecule has 1 N–H and O–H groups in total. The summed E-state index contributed by atoms with van der Waals surface area (Å²) < 4.78 is 11.2. The first-order chi connectivity index (χ1) is 11.3. The number of ether oxygens (including phenoxy) is 2. The van der Waals surface area contributed by atoms with Crippen molar-refractivity contribution in [3.63, 3.8) is 0 Å². The van der Waals surface area contributed by atoms with E-state index in [1.165, 1.54) is 5.56 Å². The molecule has 3 heteroatoms. The van der Waals surface area contributed by atoms with E-state index in [4.69, 9.17) is 9.47 Å². The summed E-state index contributed by atoms with van der Waals surface area (Å²) in [6, 6.07) is 16.3. The SMILES string of the molecule is C=CCc1cc(OC)ccc1OCCCNCc1ccccc1. The zero-order chi connectivity index (χ0) is 16.3. The van der Waals surface area contributed by atoms with Crippen LogP contribution in [-0.2, 0) is 13.0 Å². The van der Waals surface area contributed by atoms with Crippen LogP contribution in [0.4, 0.5) is 0 Å². The van der Waals surface area contributed by atoms with Gasteiger partial charge in [-0.3, -0.25) is 0 Å². The van der Waals surface area contributed by atoms with Gasteiger partial charge in [-0.15, -0.1) is 6.58 Å². The van der Waals surface area contributed by atoms with Gasteiger partial charge in [0.05, 0.1) is 13.7 Å². The molecule has 0 heterocycles. The van der Waals surface area contributed by atoms with Crippen LogP contribution in [0, 0.1) is 0 Å². The third-order valence-corrected chi connectivity index (χ3v) is 3.56. The van der Waals surface area contributed by atoms with Crippen LogP contribution in [0.3, 0.4) is 0 Å². The Bertz CT molecular complexity index is 596. The van der Waals surface area contributed by atoms with E-state index in [0.717, 1.165) is 43.0 Å². The van der Waals surface area contributed by atoms with Crippen LogP contribution in [0.2, 0.25) is 0 Å². The van der Waals surface area contributed by atoms with Crippen LogP contribution in [0.15, 0.2) is 61.2 Å². The lowest BCUT2D eigenvalue weighted by Gasteiger charge is -2.12. The molecule has 0 fully saturated rings. The minimum absolute atomic E-state index is 0.693. The van der Waals surface area contributed by atoms with Crippen LogP contribution >= 0.6 is 0 Å². The summed E-state index contributed by atoms with van der Waals surface area (Å²) in [4.78, 5) is 0. The lowest BCUT2D eigenvalue weighted by Crippen LogP contribution is -2.17. The normalized spacial score (nSPS) is 10.3. The zero-order valence-corrected chi connectivity index (χ0v) is 13.8. The molecule has 0 amide bonds. The van der Waals surface area contributed by atoms with Crippen LogP contribution < -0.4 is 14.8 Å². The first kappa shape index (κ1) is 17.1. The summed E-state index contributed by atoms with van der Waals surface area (Å²) in [7, 11) is 1.67. The minimum atomic E-state index is 0.693. The summed E-state index contributed by atoms with van der Waals surface area (Å²) in [6.07, 6.45) is 3.62. The highest BCUT2D eigenvalue weighted by Crippen LogP contribution is 2.25. The number of allylic oxidation sites excluding steroid dienone is 1. The molecule has 0 bridgehead atoms. The van der Waals surface area contributed by atoms with Gasteiger partial charge in [0.25, 0.3) is 0 Å². The Morgan fingerprint density at radius 2 is 1.96 bits per heavy atom. The molecule has 0 aliphatic heterocycles. The molecule has 0 atom stereocenters. The molecule has 23 heavy (non-hydrogen) atoms. The highest BCUT2D eigenvalue weighted by Gasteiger charge is 2.04. The topological polar surface area (TPSA) is 30.5 Å². The molecule has 2 rings (SSSR count). The van der Waals surface area contributed by atoms with Gasteiger partial charge < -0.3 is 14.8 Å². The molecule has 0 saturated carbocycles. The van der Waals surface area contributed by atoms with Crippen molar-refractivity contribution in [3.8, 4) is 11.5 Å². The van der Waals surface area contributed by atoms with E-state index in [2.05, 4.69) is 36.2 Å². The van der Waals surface area contributed by atoms with E-state index in [1.54, 1.807) is 7.11 Å². The Labute approximate surface area is 138 Å². The summed E-state index contributed by atoms with van der Waals surface area (Å²) in [5.41, 5.74) is 2.41. The Morgan fingerprint density at radius 3 is 2.70 bits per heavy atom. The van der Waals surface area contributed by atoms with E-state index >= 15 is 0 Å². The number of rotatable bonds is 10. The van der Waals surface area contributed by atoms with E-state index in [9.17, 15) is 0 Å². The van der Waals surface area contributed by atoms with Crippen LogP contribution in [-0.4, -0.2) is 20.3 Å². The molecule has 0 saturated heterocycles. The van der Waals surface area contributed by atoms with Crippen LogP contribution in [0.1, 0.15) is 17.5 Å². The number of nitrogens with one attached hydrogen (secondary N) is 1. The van der Waals surface area contributed by atoms with E-state index in [1.807, 2.05) is 30.3 Å². The third-order valence-electron chi connectivity index (χ3n) is 3.56. The highest BCUT2D eigenvalue weighted by molar-refractivity contribution is 5.41. The lowest BCUT2D eigenvalue weighted by atomic mass is 10.1. The molecule has 0 aromatic heterocycles. The van der Waals surface area contributed by atoms with Crippen molar-refractivity contribution in [2.24, 2.45) is 0 Å². The predicted octanol–water partition coefficient (Wildman–Crippen LogP) is 3.98. The Morgan fingerprint density at radius 1 is 1.13 bits per heavy atom. The fourth-order valence-corrected chi connectivity index (χ4v) is 2.35. The Balaban J connectivity index is 1.72. The average molecular weight is 311 g/mol. The maximum atomic E-state index is 5.90. The number of benzene rings is 2. The number of hydrogen-bond donors (Lipinski definition) is 1. The fraction of sp³-hybridized carbons (Fsp3) is 0.300. The van der Waals surface area contributed by atoms with Gasteiger partial charge in [0.2, 0.25) is 0 Å². The van der Waals surface area contributed by atoms with Crippen molar-refractivity contribution < 1.29 is 9.47 Å². The summed E-state index contributed by atoms with van der Waals surface area (Å²) in [6.45, 7) is 6.31. The Kier molecular flexibility index (Phi) is 7.21. The van der Waals surface area contributed by atoms with Crippen molar-refractivity contribution in [3.05, 3.63) is 72.3 Å². The molecule has 0 aliphatic rings. The summed E-state index contributed by atoms with van der Waals surface area (Å²) in [5.74, 6) is 1.76. The van der Waals surface area contributed by atoms with Gasteiger partial charge in [0, 0.05) is 12.1 Å². The maximum Gasteiger partial charge on any atom is 0.123 e. The van der Waals surface area contributed by atoms with Gasteiger partial charge in [-0.25, -0.2) is 0 Å². The fourth-order valence-electron chi connectivity index (χ4n) is 2.35. The van der Waals surface area contributed by atoms with Crippen molar-refractivity contribution >= 4 is 0 Å².